The second-order valence-electron chi connectivity index (χ2n) is 4.65. The molecule has 0 spiro atoms. The number of hydrogen-bond acceptors (Lipinski definition) is 4. The summed E-state index contributed by atoms with van der Waals surface area (Å²) in [5.41, 5.74) is 1.50. The van der Waals surface area contributed by atoms with Gasteiger partial charge in [0.05, 0.1) is 7.11 Å². The third-order valence-electron chi connectivity index (χ3n) is 3.12. The summed E-state index contributed by atoms with van der Waals surface area (Å²) in [6, 6.07) is 14.3. The summed E-state index contributed by atoms with van der Waals surface area (Å²) in [5, 5.41) is 8.69. The van der Waals surface area contributed by atoms with E-state index in [4.69, 9.17) is 14.6 Å². The summed E-state index contributed by atoms with van der Waals surface area (Å²) < 4.78 is 10.8. The van der Waals surface area contributed by atoms with Gasteiger partial charge in [-0.1, -0.05) is 30.3 Å². The van der Waals surface area contributed by atoms with Gasteiger partial charge in [-0.3, -0.25) is 4.79 Å². The van der Waals surface area contributed by atoms with Crippen molar-refractivity contribution < 1.29 is 24.2 Å². The Balaban J connectivity index is 2.05. The summed E-state index contributed by atoms with van der Waals surface area (Å²) >= 11 is 0. The molecule has 114 valence electrons. The summed E-state index contributed by atoms with van der Waals surface area (Å²) in [4.78, 5) is 22.0. The Bertz CT molecular complexity index is 661. The van der Waals surface area contributed by atoms with Gasteiger partial charge < -0.3 is 14.6 Å². The van der Waals surface area contributed by atoms with E-state index < -0.39 is 11.8 Å². The Labute approximate surface area is 128 Å². The fraction of sp³-hybridized carbons (Fsp3) is 0.176. The molecule has 5 nitrogen and oxygen atoms in total. The third kappa shape index (κ3) is 4.09. The van der Waals surface area contributed by atoms with Crippen LogP contribution in [0.4, 0.5) is 0 Å². The first kappa shape index (κ1) is 15.6. The number of aliphatic carboxylic acids is 1. The molecule has 0 aromatic heterocycles. The van der Waals surface area contributed by atoms with Crippen LogP contribution in [-0.4, -0.2) is 24.0 Å². The number of hydrogen-bond donors (Lipinski definition) is 1. The summed E-state index contributed by atoms with van der Waals surface area (Å²) in [5.74, 6) is -1.03. The number of ether oxygens (including phenoxy) is 2. The number of carboxylic acids is 1. The lowest BCUT2D eigenvalue weighted by Gasteiger charge is -2.11. The van der Waals surface area contributed by atoms with Crippen molar-refractivity contribution in [3.05, 3.63) is 59.7 Å². The van der Waals surface area contributed by atoms with Gasteiger partial charge in [-0.15, -0.1) is 0 Å². The molecule has 0 saturated carbocycles. The standard InChI is InChI=1S/C17H16O5/c1-21-14-8-6-12(7-9-14)11-22-16-5-3-2-4-13(16)10-15(18)17(19)20/h2-9H,10-11H2,1H3,(H,19,20). The van der Waals surface area contributed by atoms with Gasteiger partial charge >= 0.3 is 5.97 Å². The van der Waals surface area contributed by atoms with E-state index in [-0.39, 0.29) is 6.42 Å². The lowest BCUT2D eigenvalue weighted by molar-refractivity contribution is -0.148. The highest BCUT2D eigenvalue weighted by atomic mass is 16.5. The molecule has 0 heterocycles. The van der Waals surface area contributed by atoms with E-state index in [0.717, 1.165) is 11.3 Å². The fourth-order valence-corrected chi connectivity index (χ4v) is 1.92. The minimum atomic E-state index is -1.44. The third-order valence-corrected chi connectivity index (χ3v) is 3.12. The van der Waals surface area contributed by atoms with Crippen molar-refractivity contribution in [2.45, 2.75) is 13.0 Å². The van der Waals surface area contributed by atoms with Gasteiger partial charge in [0.15, 0.2) is 0 Å². The molecule has 0 fully saturated rings. The molecule has 0 radical (unpaired) electrons. The molecule has 0 unspecified atom stereocenters. The first-order chi connectivity index (χ1) is 10.6. The number of carbonyl (C=O) groups is 2. The zero-order chi connectivity index (χ0) is 15.9. The van der Waals surface area contributed by atoms with Crippen molar-refractivity contribution in [2.75, 3.05) is 7.11 Å². The topological polar surface area (TPSA) is 72.8 Å². The lowest BCUT2D eigenvalue weighted by Crippen LogP contribution is -2.15. The minimum Gasteiger partial charge on any atom is -0.497 e. The predicted octanol–water partition coefficient (Wildman–Crippen LogP) is 2.47. The zero-order valence-corrected chi connectivity index (χ0v) is 12.1. The van der Waals surface area contributed by atoms with E-state index in [0.29, 0.717) is 17.9 Å². The zero-order valence-electron chi connectivity index (χ0n) is 12.1. The quantitative estimate of drug-likeness (QED) is 0.795. The molecule has 1 N–H and O–H groups in total. The molecule has 2 rings (SSSR count). The minimum absolute atomic E-state index is 0.186. The van der Waals surface area contributed by atoms with Gasteiger partial charge in [-0.2, -0.15) is 0 Å². The Morgan fingerprint density at radius 3 is 2.36 bits per heavy atom. The molecule has 0 saturated heterocycles. The molecule has 0 amide bonds. The summed E-state index contributed by atoms with van der Waals surface area (Å²) in [7, 11) is 1.60. The average Bonchev–Trinajstić information content (AvgIpc) is 2.54. The maximum absolute atomic E-state index is 11.3. The Morgan fingerprint density at radius 2 is 1.73 bits per heavy atom. The molecule has 0 aliphatic heterocycles. The highest BCUT2D eigenvalue weighted by Crippen LogP contribution is 2.21. The molecular weight excluding hydrogens is 284 g/mol. The van der Waals surface area contributed by atoms with Crippen molar-refractivity contribution >= 4 is 11.8 Å². The van der Waals surface area contributed by atoms with Crippen molar-refractivity contribution in [1.29, 1.82) is 0 Å². The molecule has 2 aromatic rings. The summed E-state index contributed by atoms with van der Waals surface area (Å²) in [6.07, 6.45) is -0.186. The Hall–Kier alpha value is -2.82. The SMILES string of the molecule is COc1ccc(COc2ccccc2CC(=O)C(=O)O)cc1. The van der Waals surface area contributed by atoms with E-state index >= 15 is 0 Å². The first-order valence-electron chi connectivity index (χ1n) is 6.70. The van der Waals surface area contributed by atoms with Crippen LogP contribution in [-0.2, 0) is 22.6 Å². The van der Waals surface area contributed by atoms with Crippen LogP contribution in [0, 0.1) is 0 Å². The molecule has 5 heteroatoms. The van der Waals surface area contributed by atoms with Gasteiger partial charge in [0.25, 0.3) is 0 Å². The molecular formula is C17H16O5. The van der Waals surface area contributed by atoms with Crippen molar-refractivity contribution in [2.24, 2.45) is 0 Å². The number of para-hydroxylation sites is 1. The maximum Gasteiger partial charge on any atom is 0.372 e. The number of ketones is 1. The van der Waals surface area contributed by atoms with Crippen LogP contribution >= 0.6 is 0 Å². The van der Waals surface area contributed by atoms with Gasteiger partial charge in [0.2, 0.25) is 5.78 Å². The van der Waals surface area contributed by atoms with Crippen LogP contribution in [0.1, 0.15) is 11.1 Å². The van der Waals surface area contributed by atoms with E-state index in [1.807, 2.05) is 24.3 Å². The number of Topliss-reactive ketones (excluding diaryl/α,β-unsaturated/α-hetero) is 1. The normalized spacial score (nSPS) is 10.0. The molecule has 2 aromatic carbocycles. The summed E-state index contributed by atoms with van der Waals surface area (Å²) in [6.45, 7) is 0.322. The second kappa shape index (κ2) is 7.26. The van der Waals surface area contributed by atoms with E-state index in [9.17, 15) is 9.59 Å². The smallest absolute Gasteiger partial charge is 0.372 e. The van der Waals surface area contributed by atoms with E-state index in [2.05, 4.69) is 0 Å². The van der Waals surface area contributed by atoms with Crippen LogP contribution < -0.4 is 9.47 Å². The van der Waals surface area contributed by atoms with Crippen LogP contribution in [0.25, 0.3) is 0 Å². The van der Waals surface area contributed by atoms with Gasteiger partial charge in [-0.25, -0.2) is 4.79 Å². The van der Waals surface area contributed by atoms with Crippen LogP contribution in [0.3, 0.4) is 0 Å². The number of rotatable bonds is 7. The maximum atomic E-state index is 11.3. The van der Waals surface area contributed by atoms with Gasteiger partial charge in [0.1, 0.15) is 18.1 Å². The monoisotopic (exact) mass is 300 g/mol. The molecule has 0 atom stereocenters. The molecule has 22 heavy (non-hydrogen) atoms. The van der Waals surface area contributed by atoms with Crippen LogP contribution in [0.15, 0.2) is 48.5 Å². The van der Waals surface area contributed by atoms with Crippen LogP contribution in [0.5, 0.6) is 11.5 Å². The van der Waals surface area contributed by atoms with E-state index in [1.54, 1.807) is 31.4 Å². The van der Waals surface area contributed by atoms with Crippen LogP contribution in [0.2, 0.25) is 0 Å². The van der Waals surface area contributed by atoms with Gasteiger partial charge in [0, 0.05) is 12.0 Å². The van der Waals surface area contributed by atoms with Crippen molar-refractivity contribution in [3.8, 4) is 11.5 Å². The molecule has 0 bridgehead atoms. The highest BCUT2D eigenvalue weighted by molar-refractivity contribution is 6.33. The van der Waals surface area contributed by atoms with Crippen molar-refractivity contribution in [3.63, 3.8) is 0 Å². The Kier molecular flexibility index (Phi) is 5.14. The van der Waals surface area contributed by atoms with E-state index in [1.165, 1.54) is 0 Å². The molecule has 0 aliphatic rings. The second-order valence-corrected chi connectivity index (χ2v) is 4.65. The predicted molar refractivity (Wildman–Crippen MR) is 80.1 cm³/mol. The van der Waals surface area contributed by atoms with Gasteiger partial charge in [-0.05, 0) is 23.8 Å². The fourth-order valence-electron chi connectivity index (χ4n) is 1.92. The largest absolute Gasteiger partial charge is 0.497 e. The number of carbonyl (C=O) groups excluding carboxylic acids is 1. The number of benzene rings is 2. The Morgan fingerprint density at radius 1 is 1.05 bits per heavy atom. The average molecular weight is 300 g/mol. The molecule has 0 aliphatic carbocycles. The highest BCUT2D eigenvalue weighted by Gasteiger charge is 2.15. The number of carboxylic acid groups (broad SMARTS) is 1. The number of methoxy groups -OCH3 is 1. The first-order valence-corrected chi connectivity index (χ1v) is 6.70. The van der Waals surface area contributed by atoms with Crippen molar-refractivity contribution in [1.82, 2.24) is 0 Å². The lowest BCUT2D eigenvalue weighted by atomic mass is 10.1.